The van der Waals surface area contributed by atoms with Crippen LogP contribution in [0.25, 0.3) is 17.2 Å². The van der Waals surface area contributed by atoms with E-state index in [1.807, 2.05) is 30.3 Å². The second kappa shape index (κ2) is 5.34. The largest absolute Gasteiger partial charge is 0.298 e. The molecule has 98 valence electrons. The zero-order valence-corrected chi connectivity index (χ0v) is 11.9. The predicted molar refractivity (Wildman–Crippen MR) is 77.7 cm³/mol. The summed E-state index contributed by atoms with van der Waals surface area (Å²) >= 11 is 3.28. The summed E-state index contributed by atoms with van der Waals surface area (Å²) in [5.41, 5.74) is 2.00. The summed E-state index contributed by atoms with van der Waals surface area (Å²) in [5.74, 6) is 0.415. The smallest absolute Gasteiger partial charge is 0.250 e. The Balaban J connectivity index is 2.09. The summed E-state index contributed by atoms with van der Waals surface area (Å²) in [6.45, 7) is 0. The molecular weight excluding hydrogens is 320 g/mol. The van der Waals surface area contributed by atoms with Crippen molar-refractivity contribution in [2.75, 3.05) is 0 Å². The SMILES string of the molecule is O=Cc1cn(-c2ncc(Br)cn2)nc1-c1ccccc1. The summed E-state index contributed by atoms with van der Waals surface area (Å²) in [4.78, 5) is 19.5. The molecule has 3 aromatic rings. The lowest BCUT2D eigenvalue weighted by molar-refractivity contribution is 0.112. The Labute approximate surface area is 123 Å². The molecule has 20 heavy (non-hydrogen) atoms. The van der Waals surface area contributed by atoms with Gasteiger partial charge < -0.3 is 0 Å². The zero-order valence-electron chi connectivity index (χ0n) is 10.3. The lowest BCUT2D eigenvalue weighted by atomic mass is 10.1. The van der Waals surface area contributed by atoms with E-state index in [0.29, 0.717) is 17.2 Å². The van der Waals surface area contributed by atoms with Gasteiger partial charge >= 0.3 is 0 Å². The number of benzene rings is 1. The van der Waals surface area contributed by atoms with Gasteiger partial charge in [-0.15, -0.1) is 0 Å². The van der Waals surface area contributed by atoms with Crippen LogP contribution >= 0.6 is 15.9 Å². The highest BCUT2D eigenvalue weighted by Crippen LogP contribution is 2.21. The molecule has 0 fully saturated rings. The van der Waals surface area contributed by atoms with Crippen molar-refractivity contribution in [1.82, 2.24) is 19.7 Å². The zero-order chi connectivity index (χ0) is 13.9. The Hall–Kier alpha value is -2.34. The minimum Gasteiger partial charge on any atom is -0.298 e. The minimum atomic E-state index is 0.415. The van der Waals surface area contributed by atoms with Crippen molar-refractivity contribution in [2.24, 2.45) is 0 Å². The van der Waals surface area contributed by atoms with E-state index in [1.165, 1.54) is 4.68 Å². The molecule has 0 saturated carbocycles. The van der Waals surface area contributed by atoms with Gasteiger partial charge in [0.05, 0.1) is 10.0 Å². The molecule has 0 amide bonds. The molecule has 0 bridgehead atoms. The van der Waals surface area contributed by atoms with E-state index in [1.54, 1.807) is 18.6 Å². The first-order chi connectivity index (χ1) is 9.78. The molecule has 0 aliphatic rings. The molecule has 2 aromatic heterocycles. The number of nitrogens with zero attached hydrogens (tertiary/aromatic N) is 4. The number of aldehydes is 1. The van der Waals surface area contributed by atoms with Crippen molar-refractivity contribution in [3.8, 4) is 17.2 Å². The molecule has 6 heteroatoms. The topological polar surface area (TPSA) is 60.7 Å². The van der Waals surface area contributed by atoms with Crippen LogP contribution in [-0.4, -0.2) is 26.0 Å². The summed E-state index contributed by atoms with van der Waals surface area (Å²) in [6.07, 6.45) is 5.67. The fourth-order valence-corrected chi connectivity index (χ4v) is 2.02. The van der Waals surface area contributed by atoms with Crippen LogP contribution in [0.1, 0.15) is 10.4 Å². The van der Waals surface area contributed by atoms with Crippen LogP contribution in [0.3, 0.4) is 0 Å². The Bertz CT molecular complexity index is 738. The van der Waals surface area contributed by atoms with E-state index in [4.69, 9.17) is 0 Å². The lowest BCUT2D eigenvalue weighted by Gasteiger charge is -1.99. The molecule has 5 nitrogen and oxygen atoms in total. The van der Waals surface area contributed by atoms with Crippen LogP contribution in [0.2, 0.25) is 0 Å². The first-order valence-electron chi connectivity index (χ1n) is 5.86. The third-order valence-corrected chi connectivity index (χ3v) is 3.14. The number of carbonyl (C=O) groups excluding carboxylic acids is 1. The second-order valence-electron chi connectivity index (χ2n) is 4.06. The second-order valence-corrected chi connectivity index (χ2v) is 4.98. The monoisotopic (exact) mass is 328 g/mol. The minimum absolute atomic E-state index is 0.415. The predicted octanol–water partition coefficient (Wildman–Crippen LogP) is 2.90. The first kappa shape index (κ1) is 12.7. The van der Waals surface area contributed by atoms with Crippen molar-refractivity contribution >= 4 is 22.2 Å². The van der Waals surface area contributed by atoms with E-state index in [9.17, 15) is 4.79 Å². The lowest BCUT2D eigenvalue weighted by Crippen LogP contribution is -2.00. The van der Waals surface area contributed by atoms with Gasteiger partial charge in [0.1, 0.15) is 5.69 Å². The number of halogens is 1. The molecule has 0 spiro atoms. The van der Waals surface area contributed by atoms with E-state index in [-0.39, 0.29) is 0 Å². The molecule has 1 aromatic carbocycles. The van der Waals surface area contributed by atoms with Crippen molar-refractivity contribution in [3.05, 3.63) is 59.0 Å². The van der Waals surface area contributed by atoms with Crippen molar-refractivity contribution in [3.63, 3.8) is 0 Å². The highest BCUT2D eigenvalue weighted by molar-refractivity contribution is 9.10. The van der Waals surface area contributed by atoms with Gasteiger partial charge in [-0.1, -0.05) is 30.3 Å². The van der Waals surface area contributed by atoms with Crippen LogP contribution in [0.15, 0.2) is 53.4 Å². The fraction of sp³-hybridized carbons (Fsp3) is 0. The number of hydrogen-bond donors (Lipinski definition) is 0. The quantitative estimate of drug-likeness (QED) is 0.693. The molecule has 3 rings (SSSR count). The molecule has 0 radical (unpaired) electrons. The van der Waals surface area contributed by atoms with E-state index in [0.717, 1.165) is 16.3 Å². The van der Waals surface area contributed by atoms with Crippen molar-refractivity contribution in [2.45, 2.75) is 0 Å². The van der Waals surface area contributed by atoms with Gasteiger partial charge in [0.25, 0.3) is 5.95 Å². The van der Waals surface area contributed by atoms with Gasteiger partial charge in [-0.3, -0.25) is 4.79 Å². The Morgan fingerprint density at radius 1 is 1.10 bits per heavy atom. The standard InChI is InChI=1S/C14H9BrN4O/c15-12-6-16-14(17-7-12)19-8-11(9-20)13(18-19)10-4-2-1-3-5-10/h1-9H. The van der Waals surface area contributed by atoms with Gasteiger partial charge in [-0.2, -0.15) is 5.10 Å². The van der Waals surface area contributed by atoms with E-state index < -0.39 is 0 Å². The van der Waals surface area contributed by atoms with Crippen LogP contribution in [0.4, 0.5) is 0 Å². The van der Waals surface area contributed by atoms with Crippen molar-refractivity contribution in [1.29, 1.82) is 0 Å². The Kier molecular flexibility index (Phi) is 3.39. The Morgan fingerprint density at radius 2 is 1.80 bits per heavy atom. The van der Waals surface area contributed by atoms with E-state index >= 15 is 0 Å². The molecule has 2 heterocycles. The number of rotatable bonds is 3. The van der Waals surface area contributed by atoms with Gasteiger partial charge in [-0.25, -0.2) is 14.6 Å². The normalized spacial score (nSPS) is 10.4. The highest BCUT2D eigenvalue weighted by Gasteiger charge is 2.12. The maximum atomic E-state index is 11.2. The van der Waals surface area contributed by atoms with Crippen molar-refractivity contribution < 1.29 is 4.79 Å². The van der Waals surface area contributed by atoms with Crippen LogP contribution < -0.4 is 0 Å². The number of hydrogen-bond acceptors (Lipinski definition) is 4. The summed E-state index contributed by atoms with van der Waals surface area (Å²) in [7, 11) is 0. The first-order valence-corrected chi connectivity index (χ1v) is 6.65. The Morgan fingerprint density at radius 3 is 2.45 bits per heavy atom. The molecule has 0 unspecified atom stereocenters. The molecule has 0 aliphatic heterocycles. The van der Waals surface area contributed by atoms with Gasteiger partial charge in [0.2, 0.25) is 0 Å². The molecule has 0 saturated heterocycles. The average Bonchev–Trinajstić information content (AvgIpc) is 2.93. The van der Waals surface area contributed by atoms with Gasteiger partial charge in [-0.05, 0) is 15.9 Å². The van der Waals surface area contributed by atoms with Gasteiger partial charge in [0.15, 0.2) is 6.29 Å². The van der Waals surface area contributed by atoms with E-state index in [2.05, 4.69) is 31.0 Å². The third-order valence-electron chi connectivity index (χ3n) is 2.73. The molecule has 0 aliphatic carbocycles. The summed E-state index contributed by atoms with van der Waals surface area (Å²) < 4.78 is 2.28. The number of aromatic nitrogens is 4. The summed E-state index contributed by atoms with van der Waals surface area (Å²) in [5, 5.41) is 4.40. The molecule has 0 atom stereocenters. The van der Waals surface area contributed by atoms with Crippen LogP contribution in [-0.2, 0) is 0 Å². The molecule has 0 N–H and O–H groups in total. The maximum Gasteiger partial charge on any atom is 0.250 e. The van der Waals surface area contributed by atoms with Crippen LogP contribution in [0, 0.1) is 0 Å². The fourth-order valence-electron chi connectivity index (χ4n) is 1.82. The van der Waals surface area contributed by atoms with Crippen LogP contribution in [0.5, 0.6) is 0 Å². The third kappa shape index (κ3) is 2.37. The van der Waals surface area contributed by atoms with Gasteiger partial charge in [0, 0.05) is 24.2 Å². The number of carbonyl (C=O) groups is 1. The molecular formula is C14H9BrN4O. The highest BCUT2D eigenvalue weighted by atomic mass is 79.9. The summed E-state index contributed by atoms with van der Waals surface area (Å²) in [6, 6.07) is 9.53. The average molecular weight is 329 g/mol. The maximum absolute atomic E-state index is 11.2.